The summed E-state index contributed by atoms with van der Waals surface area (Å²) in [5.74, 6) is -1.17. The molecule has 0 saturated carbocycles. The topological polar surface area (TPSA) is 40.6 Å². The maximum absolute atomic E-state index is 13.8. The summed E-state index contributed by atoms with van der Waals surface area (Å²) in [6, 6.07) is 4.18. The van der Waals surface area contributed by atoms with Gasteiger partial charge in [0.25, 0.3) is 0 Å². The maximum Gasteiger partial charge on any atom is 0.227 e. The van der Waals surface area contributed by atoms with Crippen LogP contribution in [0.1, 0.15) is 31.2 Å². The van der Waals surface area contributed by atoms with Gasteiger partial charge in [-0.25, -0.2) is 8.78 Å². The van der Waals surface area contributed by atoms with Crippen LogP contribution in [0.4, 0.5) is 8.78 Å². The average molecular weight is 348 g/mol. The molecule has 3 saturated heterocycles. The SMILES string of the molecule is O=C(Cc1cccc(F)c1F)N1CC2CC(C1)[C@@H]1CCCC(=O)N1C2. The number of benzene rings is 1. The number of rotatable bonds is 2. The van der Waals surface area contributed by atoms with Crippen LogP contribution in [0.25, 0.3) is 0 Å². The van der Waals surface area contributed by atoms with Gasteiger partial charge < -0.3 is 9.80 Å². The van der Waals surface area contributed by atoms with Gasteiger partial charge in [0.15, 0.2) is 11.6 Å². The number of likely N-dealkylation sites (tertiary alicyclic amines) is 1. The molecule has 25 heavy (non-hydrogen) atoms. The van der Waals surface area contributed by atoms with Crippen LogP contribution in [0, 0.1) is 23.5 Å². The Morgan fingerprint density at radius 1 is 1.20 bits per heavy atom. The summed E-state index contributed by atoms with van der Waals surface area (Å²) < 4.78 is 27.2. The van der Waals surface area contributed by atoms with Crippen molar-refractivity contribution in [3.63, 3.8) is 0 Å². The molecule has 0 aromatic heterocycles. The standard InChI is InChI=1S/C19H22F2N2O2/c20-15-4-1-3-13(19(15)21)8-18(25)22-9-12-7-14(11-22)16-5-2-6-17(24)23(16)10-12/h1,3-4,12,14,16H,2,5-11H2/t12?,14?,16-/m0/s1. The molecule has 134 valence electrons. The predicted molar refractivity (Wildman–Crippen MR) is 87.6 cm³/mol. The summed E-state index contributed by atoms with van der Waals surface area (Å²) in [6.07, 6.45) is 3.49. The monoisotopic (exact) mass is 348 g/mol. The van der Waals surface area contributed by atoms with Crippen molar-refractivity contribution in [2.45, 2.75) is 38.1 Å². The van der Waals surface area contributed by atoms with Crippen molar-refractivity contribution in [3.8, 4) is 0 Å². The zero-order valence-electron chi connectivity index (χ0n) is 14.1. The fourth-order valence-corrected chi connectivity index (χ4v) is 4.77. The highest BCUT2D eigenvalue weighted by molar-refractivity contribution is 5.79. The zero-order valence-corrected chi connectivity index (χ0v) is 14.1. The molecular weight excluding hydrogens is 326 g/mol. The molecule has 3 fully saturated rings. The molecule has 1 aromatic rings. The molecule has 4 nitrogen and oxygen atoms in total. The molecule has 0 aliphatic carbocycles. The van der Waals surface area contributed by atoms with E-state index in [1.54, 1.807) is 4.90 Å². The lowest BCUT2D eigenvalue weighted by Crippen LogP contribution is -2.61. The zero-order chi connectivity index (χ0) is 17.6. The predicted octanol–water partition coefficient (Wildman–Crippen LogP) is 2.37. The molecule has 6 heteroatoms. The third kappa shape index (κ3) is 3.02. The third-order valence-corrected chi connectivity index (χ3v) is 5.91. The van der Waals surface area contributed by atoms with Gasteiger partial charge in [0.2, 0.25) is 11.8 Å². The Morgan fingerprint density at radius 3 is 2.88 bits per heavy atom. The lowest BCUT2D eigenvalue weighted by molar-refractivity contribution is -0.148. The first-order valence-electron chi connectivity index (χ1n) is 9.03. The van der Waals surface area contributed by atoms with E-state index in [9.17, 15) is 18.4 Å². The number of hydrogen-bond acceptors (Lipinski definition) is 2. The minimum Gasteiger partial charge on any atom is -0.342 e. The van der Waals surface area contributed by atoms with E-state index in [-0.39, 0.29) is 29.8 Å². The van der Waals surface area contributed by atoms with Gasteiger partial charge in [0.1, 0.15) is 0 Å². The molecule has 2 bridgehead atoms. The van der Waals surface area contributed by atoms with Crippen LogP contribution >= 0.6 is 0 Å². The number of amides is 2. The van der Waals surface area contributed by atoms with Crippen molar-refractivity contribution < 1.29 is 18.4 Å². The summed E-state index contributed by atoms with van der Waals surface area (Å²) in [7, 11) is 0. The molecule has 0 spiro atoms. The van der Waals surface area contributed by atoms with E-state index in [2.05, 4.69) is 0 Å². The van der Waals surface area contributed by atoms with Gasteiger partial charge in [-0.3, -0.25) is 9.59 Å². The Kier molecular flexibility index (Phi) is 4.21. The fourth-order valence-electron chi connectivity index (χ4n) is 4.77. The molecule has 4 rings (SSSR count). The van der Waals surface area contributed by atoms with Gasteiger partial charge in [-0.05, 0) is 37.2 Å². The molecule has 2 amide bonds. The Morgan fingerprint density at radius 2 is 2.04 bits per heavy atom. The Balaban J connectivity index is 1.47. The highest BCUT2D eigenvalue weighted by atomic mass is 19.2. The van der Waals surface area contributed by atoms with Gasteiger partial charge in [0, 0.05) is 37.7 Å². The quantitative estimate of drug-likeness (QED) is 0.823. The Bertz CT molecular complexity index is 709. The van der Waals surface area contributed by atoms with Crippen molar-refractivity contribution >= 4 is 11.8 Å². The van der Waals surface area contributed by atoms with Crippen molar-refractivity contribution in [1.29, 1.82) is 0 Å². The number of carbonyl (C=O) groups excluding carboxylic acids is 2. The maximum atomic E-state index is 13.8. The van der Waals surface area contributed by atoms with Crippen molar-refractivity contribution in [2.75, 3.05) is 19.6 Å². The number of fused-ring (bicyclic) bond motifs is 4. The van der Waals surface area contributed by atoms with E-state index < -0.39 is 11.6 Å². The molecule has 3 atom stereocenters. The Hall–Kier alpha value is -1.98. The van der Waals surface area contributed by atoms with E-state index in [0.717, 1.165) is 31.9 Å². The summed E-state index contributed by atoms with van der Waals surface area (Å²) in [5.41, 5.74) is 0.107. The van der Waals surface area contributed by atoms with Crippen LogP contribution in [-0.4, -0.2) is 47.3 Å². The minimum atomic E-state index is -0.933. The van der Waals surface area contributed by atoms with Gasteiger partial charge >= 0.3 is 0 Å². The molecule has 3 heterocycles. The first-order chi connectivity index (χ1) is 12.0. The molecular formula is C19H22F2N2O2. The van der Waals surface area contributed by atoms with Gasteiger partial charge in [-0.15, -0.1) is 0 Å². The van der Waals surface area contributed by atoms with Crippen LogP contribution in [0.2, 0.25) is 0 Å². The van der Waals surface area contributed by atoms with Crippen LogP contribution in [-0.2, 0) is 16.0 Å². The van der Waals surface area contributed by atoms with E-state index in [1.807, 2.05) is 4.90 Å². The average Bonchev–Trinajstić information content (AvgIpc) is 2.60. The fraction of sp³-hybridized carbons (Fsp3) is 0.579. The number of hydrogen-bond donors (Lipinski definition) is 0. The molecule has 0 radical (unpaired) electrons. The van der Waals surface area contributed by atoms with Gasteiger partial charge in [-0.1, -0.05) is 12.1 Å². The highest BCUT2D eigenvalue weighted by Gasteiger charge is 2.44. The van der Waals surface area contributed by atoms with Crippen molar-refractivity contribution in [3.05, 3.63) is 35.4 Å². The highest BCUT2D eigenvalue weighted by Crippen LogP contribution is 2.38. The Labute approximate surface area is 145 Å². The summed E-state index contributed by atoms with van der Waals surface area (Å²) in [6.45, 7) is 1.93. The number of carbonyl (C=O) groups is 2. The number of piperidine rings is 3. The van der Waals surface area contributed by atoms with Crippen molar-refractivity contribution in [2.24, 2.45) is 11.8 Å². The second-order valence-corrected chi connectivity index (χ2v) is 7.56. The second kappa shape index (κ2) is 6.39. The first kappa shape index (κ1) is 16.5. The summed E-state index contributed by atoms with van der Waals surface area (Å²) in [5, 5.41) is 0. The number of nitrogens with zero attached hydrogens (tertiary/aromatic N) is 2. The molecule has 3 aliphatic heterocycles. The summed E-state index contributed by atoms with van der Waals surface area (Å²) in [4.78, 5) is 28.6. The van der Waals surface area contributed by atoms with Crippen molar-refractivity contribution in [1.82, 2.24) is 9.80 Å². The normalized spacial score (nSPS) is 28.7. The van der Waals surface area contributed by atoms with Gasteiger partial charge in [0.05, 0.1) is 6.42 Å². The van der Waals surface area contributed by atoms with Crippen LogP contribution in [0.5, 0.6) is 0 Å². The van der Waals surface area contributed by atoms with Gasteiger partial charge in [-0.2, -0.15) is 0 Å². The van der Waals surface area contributed by atoms with E-state index >= 15 is 0 Å². The second-order valence-electron chi connectivity index (χ2n) is 7.56. The van der Waals surface area contributed by atoms with E-state index in [1.165, 1.54) is 12.1 Å². The number of halogens is 2. The lowest BCUT2D eigenvalue weighted by atomic mass is 9.76. The molecule has 0 N–H and O–H groups in total. The minimum absolute atomic E-state index is 0.107. The summed E-state index contributed by atoms with van der Waals surface area (Å²) >= 11 is 0. The van der Waals surface area contributed by atoms with Crippen LogP contribution < -0.4 is 0 Å². The molecule has 1 aromatic carbocycles. The molecule has 3 aliphatic rings. The third-order valence-electron chi connectivity index (χ3n) is 5.91. The first-order valence-corrected chi connectivity index (χ1v) is 9.03. The van der Waals surface area contributed by atoms with E-state index in [0.29, 0.717) is 31.3 Å². The van der Waals surface area contributed by atoms with E-state index in [4.69, 9.17) is 0 Å². The molecule has 2 unspecified atom stereocenters. The largest absolute Gasteiger partial charge is 0.342 e. The smallest absolute Gasteiger partial charge is 0.227 e. The van der Waals surface area contributed by atoms with Crippen LogP contribution in [0.15, 0.2) is 18.2 Å². The lowest BCUT2D eigenvalue weighted by Gasteiger charge is -2.52. The van der Waals surface area contributed by atoms with Crippen LogP contribution in [0.3, 0.4) is 0 Å².